The first kappa shape index (κ1) is 15.1. The lowest BCUT2D eigenvalue weighted by atomic mass is 10.2. The Labute approximate surface area is 128 Å². The van der Waals surface area contributed by atoms with E-state index in [-0.39, 0.29) is 4.90 Å². The van der Waals surface area contributed by atoms with Crippen molar-refractivity contribution in [3.05, 3.63) is 58.6 Å². The summed E-state index contributed by atoms with van der Waals surface area (Å²) in [5.41, 5.74) is 1.66. The summed E-state index contributed by atoms with van der Waals surface area (Å²) < 4.78 is 27.7. The number of hydrogen-bond donors (Lipinski definition) is 0. The van der Waals surface area contributed by atoms with Crippen LogP contribution in [0.3, 0.4) is 0 Å². The highest BCUT2D eigenvalue weighted by atomic mass is 79.9. The first-order chi connectivity index (χ1) is 9.46. The van der Waals surface area contributed by atoms with E-state index in [1.807, 2.05) is 44.2 Å². The third kappa shape index (κ3) is 2.88. The predicted octanol–water partition coefficient (Wildman–Crippen LogP) is 3.97. The Morgan fingerprint density at radius 1 is 1.10 bits per heavy atom. The molecule has 0 aliphatic heterocycles. The molecule has 106 valence electrons. The van der Waals surface area contributed by atoms with Crippen LogP contribution in [0, 0.1) is 6.92 Å². The van der Waals surface area contributed by atoms with Crippen LogP contribution in [0.5, 0.6) is 0 Å². The van der Waals surface area contributed by atoms with Gasteiger partial charge >= 0.3 is 0 Å². The van der Waals surface area contributed by atoms with Crippen molar-refractivity contribution in [3.8, 4) is 0 Å². The van der Waals surface area contributed by atoms with Gasteiger partial charge in [-0.1, -0.05) is 40.2 Å². The minimum absolute atomic E-state index is 0.289. The zero-order valence-electron chi connectivity index (χ0n) is 11.4. The van der Waals surface area contributed by atoms with Crippen LogP contribution in [-0.2, 0) is 10.0 Å². The molecule has 2 aromatic carbocycles. The van der Waals surface area contributed by atoms with E-state index < -0.39 is 10.0 Å². The van der Waals surface area contributed by atoms with E-state index in [1.54, 1.807) is 18.2 Å². The number of sulfonamides is 1. The van der Waals surface area contributed by atoms with E-state index in [2.05, 4.69) is 15.9 Å². The summed E-state index contributed by atoms with van der Waals surface area (Å²) in [6.07, 6.45) is 0. The van der Waals surface area contributed by atoms with Crippen LogP contribution in [0.15, 0.2) is 57.9 Å². The van der Waals surface area contributed by atoms with E-state index in [4.69, 9.17) is 0 Å². The van der Waals surface area contributed by atoms with Gasteiger partial charge in [0.2, 0.25) is 0 Å². The van der Waals surface area contributed by atoms with E-state index in [9.17, 15) is 8.42 Å². The van der Waals surface area contributed by atoms with Gasteiger partial charge in [-0.2, -0.15) is 0 Å². The van der Waals surface area contributed by atoms with E-state index >= 15 is 0 Å². The van der Waals surface area contributed by atoms with Gasteiger partial charge in [-0.05, 0) is 43.7 Å². The lowest BCUT2D eigenvalue weighted by Gasteiger charge is -2.24. The summed E-state index contributed by atoms with van der Waals surface area (Å²) >= 11 is 3.31. The van der Waals surface area contributed by atoms with Gasteiger partial charge in [0.05, 0.1) is 10.6 Å². The molecular weight excluding hydrogens is 338 g/mol. The van der Waals surface area contributed by atoms with Crippen molar-refractivity contribution in [1.82, 2.24) is 0 Å². The number of para-hydroxylation sites is 1. The van der Waals surface area contributed by atoms with Crippen LogP contribution in [0.1, 0.15) is 12.5 Å². The molecule has 0 aliphatic carbocycles. The monoisotopic (exact) mass is 353 g/mol. The molecule has 0 aromatic heterocycles. The Hall–Kier alpha value is -1.33. The summed E-state index contributed by atoms with van der Waals surface area (Å²) in [5, 5.41) is 0. The minimum Gasteiger partial charge on any atom is -0.266 e. The SMILES string of the molecule is CCN(c1ccccc1C)S(=O)(=O)c1cccc(Br)c1. The third-order valence-corrected chi connectivity index (χ3v) is 5.43. The fourth-order valence-electron chi connectivity index (χ4n) is 2.07. The van der Waals surface area contributed by atoms with E-state index in [0.717, 1.165) is 15.7 Å². The quantitative estimate of drug-likeness (QED) is 0.833. The highest BCUT2D eigenvalue weighted by molar-refractivity contribution is 9.10. The number of rotatable bonds is 4. The molecule has 0 atom stereocenters. The van der Waals surface area contributed by atoms with Crippen LogP contribution in [0.4, 0.5) is 5.69 Å². The van der Waals surface area contributed by atoms with Crippen molar-refractivity contribution in [3.63, 3.8) is 0 Å². The Bertz CT molecular complexity index is 713. The predicted molar refractivity (Wildman–Crippen MR) is 85.5 cm³/mol. The summed E-state index contributed by atoms with van der Waals surface area (Å²) in [4.78, 5) is 0.289. The van der Waals surface area contributed by atoms with E-state index in [1.165, 1.54) is 4.31 Å². The molecule has 0 saturated heterocycles. The fourth-order valence-corrected chi connectivity index (χ4v) is 4.20. The number of nitrogens with zero attached hydrogens (tertiary/aromatic N) is 1. The molecule has 0 heterocycles. The standard InChI is InChI=1S/C15H16BrNO2S/c1-3-17(15-10-5-4-7-12(15)2)20(18,19)14-9-6-8-13(16)11-14/h4-11H,3H2,1-2H3. The number of aryl methyl sites for hydroxylation is 1. The highest BCUT2D eigenvalue weighted by Crippen LogP contribution is 2.27. The molecule has 2 rings (SSSR count). The van der Waals surface area contributed by atoms with Crippen molar-refractivity contribution in [2.24, 2.45) is 0 Å². The molecule has 0 aliphatic rings. The zero-order valence-corrected chi connectivity index (χ0v) is 13.8. The Morgan fingerprint density at radius 3 is 2.40 bits per heavy atom. The molecule has 0 amide bonds. The fraction of sp³-hybridized carbons (Fsp3) is 0.200. The van der Waals surface area contributed by atoms with Gasteiger partial charge in [0.25, 0.3) is 10.0 Å². The van der Waals surface area contributed by atoms with Crippen LogP contribution in [-0.4, -0.2) is 15.0 Å². The Morgan fingerprint density at radius 2 is 1.80 bits per heavy atom. The van der Waals surface area contributed by atoms with Crippen LogP contribution >= 0.6 is 15.9 Å². The lowest BCUT2D eigenvalue weighted by Crippen LogP contribution is -2.31. The molecule has 3 nitrogen and oxygen atoms in total. The first-order valence-electron chi connectivity index (χ1n) is 6.30. The average Bonchev–Trinajstić information content (AvgIpc) is 2.41. The lowest BCUT2D eigenvalue weighted by molar-refractivity contribution is 0.591. The zero-order chi connectivity index (χ0) is 14.8. The second-order valence-electron chi connectivity index (χ2n) is 4.41. The van der Waals surface area contributed by atoms with Gasteiger partial charge in [-0.15, -0.1) is 0 Å². The van der Waals surface area contributed by atoms with Gasteiger partial charge in [0.15, 0.2) is 0 Å². The van der Waals surface area contributed by atoms with Gasteiger partial charge in [0.1, 0.15) is 0 Å². The van der Waals surface area contributed by atoms with Crippen molar-refractivity contribution in [1.29, 1.82) is 0 Å². The Balaban J connectivity index is 2.54. The Kier molecular flexibility index (Phi) is 4.50. The van der Waals surface area contributed by atoms with Crippen LogP contribution < -0.4 is 4.31 Å². The molecule has 0 saturated carbocycles. The molecule has 0 radical (unpaired) electrons. The highest BCUT2D eigenvalue weighted by Gasteiger charge is 2.24. The summed E-state index contributed by atoms with van der Waals surface area (Å²) in [6, 6.07) is 14.3. The second-order valence-corrected chi connectivity index (χ2v) is 7.19. The number of benzene rings is 2. The number of anilines is 1. The molecule has 5 heteroatoms. The number of hydrogen-bond acceptors (Lipinski definition) is 2. The van der Waals surface area contributed by atoms with Crippen molar-refractivity contribution < 1.29 is 8.42 Å². The van der Waals surface area contributed by atoms with Gasteiger partial charge in [0, 0.05) is 11.0 Å². The van der Waals surface area contributed by atoms with Crippen molar-refractivity contribution >= 4 is 31.6 Å². The molecule has 0 unspecified atom stereocenters. The maximum absolute atomic E-state index is 12.8. The molecular formula is C15H16BrNO2S. The average molecular weight is 354 g/mol. The molecule has 2 aromatic rings. The molecule has 0 fully saturated rings. The summed E-state index contributed by atoms with van der Waals surface area (Å²) in [7, 11) is -3.55. The molecule has 0 N–H and O–H groups in total. The second kappa shape index (κ2) is 5.97. The van der Waals surface area contributed by atoms with Crippen molar-refractivity contribution in [2.45, 2.75) is 18.7 Å². The van der Waals surface area contributed by atoms with E-state index in [0.29, 0.717) is 6.54 Å². The maximum atomic E-state index is 12.8. The number of halogens is 1. The topological polar surface area (TPSA) is 37.4 Å². The summed E-state index contributed by atoms with van der Waals surface area (Å²) in [6.45, 7) is 4.14. The van der Waals surface area contributed by atoms with Crippen molar-refractivity contribution in [2.75, 3.05) is 10.8 Å². The normalized spacial score (nSPS) is 11.3. The molecule has 0 spiro atoms. The van der Waals surface area contributed by atoms with Crippen LogP contribution in [0.2, 0.25) is 0 Å². The van der Waals surface area contributed by atoms with Crippen LogP contribution in [0.25, 0.3) is 0 Å². The smallest absolute Gasteiger partial charge is 0.264 e. The van der Waals surface area contributed by atoms with Gasteiger partial charge < -0.3 is 0 Å². The minimum atomic E-state index is -3.55. The third-order valence-electron chi connectivity index (χ3n) is 3.06. The molecule has 20 heavy (non-hydrogen) atoms. The largest absolute Gasteiger partial charge is 0.266 e. The van der Waals surface area contributed by atoms with Gasteiger partial charge in [-0.25, -0.2) is 8.42 Å². The maximum Gasteiger partial charge on any atom is 0.264 e. The van der Waals surface area contributed by atoms with Gasteiger partial charge in [-0.3, -0.25) is 4.31 Å². The molecule has 0 bridgehead atoms. The summed E-state index contributed by atoms with van der Waals surface area (Å²) in [5.74, 6) is 0. The first-order valence-corrected chi connectivity index (χ1v) is 8.54.